The largest absolute Gasteiger partial charge is 0.454 e. The number of hydrogen-bond acceptors (Lipinski definition) is 8. The van der Waals surface area contributed by atoms with Crippen molar-refractivity contribution in [3.8, 4) is 11.5 Å². The molecule has 0 aliphatic carbocycles. The number of amides is 1. The van der Waals surface area contributed by atoms with Crippen molar-refractivity contribution >= 4 is 17.8 Å². The van der Waals surface area contributed by atoms with Crippen LogP contribution in [0.4, 0.5) is 5.69 Å². The zero-order chi connectivity index (χ0) is 16.2. The molecule has 0 radical (unpaired) electrons. The number of nitro benzene ring substituents is 1. The Morgan fingerprint density at radius 3 is 2.83 bits per heavy atom. The summed E-state index contributed by atoms with van der Waals surface area (Å²) in [6.45, 7) is -0.00348. The summed E-state index contributed by atoms with van der Waals surface area (Å²) >= 11 is 0. The molecule has 0 saturated heterocycles. The summed E-state index contributed by atoms with van der Waals surface area (Å²) in [4.78, 5) is 29.8. The number of ether oxygens (including phenoxy) is 2. The van der Waals surface area contributed by atoms with Crippen molar-refractivity contribution in [2.75, 3.05) is 6.79 Å². The fourth-order valence-electron chi connectivity index (χ4n) is 1.84. The van der Waals surface area contributed by atoms with Crippen LogP contribution in [0.5, 0.6) is 11.5 Å². The molecule has 0 saturated carbocycles. The van der Waals surface area contributed by atoms with Gasteiger partial charge in [0.25, 0.3) is 11.6 Å². The molecule has 1 N–H and O–H groups in total. The topological polar surface area (TPSA) is 129 Å². The number of carbonyl (C=O) groups excluding carboxylic acids is 1. The lowest BCUT2D eigenvalue weighted by Gasteiger charge is -2.01. The summed E-state index contributed by atoms with van der Waals surface area (Å²) < 4.78 is 10.2. The van der Waals surface area contributed by atoms with E-state index in [1.54, 1.807) is 0 Å². The van der Waals surface area contributed by atoms with Gasteiger partial charge in [0.05, 0.1) is 29.0 Å². The van der Waals surface area contributed by atoms with Gasteiger partial charge >= 0.3 is 0 Å². The minimum Gasteiger partial charge on any atom is -0.454 e. The molecule has 2 heterocycles. The van der Waals surface area contributed by atoms with E-state index in [2.05, 4.69) is 20.5 Å². The smallest absolute Gasteiger partial charge is 0.291 e. The van der Waals surface area contributed by atoms with Gasteiger partial charge in [0.2, 0.25) is 6.79 Å². The Morgan fingerprint density at radius 2 is 2.13 bits per heavy atom. The zero-order valence-electron chi connectivity index (χ0n) is 11.5. The third kappa shape index (κ3) is 3.05. The fraction of sp³-hybridized carbons (Fsp3) is 0.0769. The number of rotatable bonds is 4. The van der Waals surface area contributed by atoms with E-state index in [0.29, 0.717) is 5.75 Å². The molecule has 2 aromatic rings. The second kappa shape index (κ2) is 6.05. The van der Waals surface area contributed by atoms with Crippen molar-refractivity contribution in [3.63, 3.8) is 0 Å². The summed E-state index contributed by atoms with van der Waals surface area (Å²) in [6, 6.07) is 2.66. The quantitative estimate of drug-likeness (QED) is 0.503. The number of aromatic nitrogens is 2. The molecule has 0 atom stereocenters. The summed E-state index contributed by atoms with van der Waals surface area (Å²) in [5.74, 6) is 0.0764. The van der Waals surface area contributed by atoms with Gasteiger partial charge in [0.15, 0.2) is 11.5 Å². The lowest BCUT2D eigenvalue weighted by Crippen LogP contribution is -2.19. The van der Waals surface area contributed by atoms with E-state index >= 15 is 0 Å². The normalized spacial score (nSPS) is 12.3. The lowest BCUT2D eigenvalue weighted by molar-refractivity contribution is -0.385. The van der Waals surface area contributed by atoms with Crippen LogP contribution in [0.3, 0.4) is 0 Å². The van der Waals surface area contributed by atoms with Gasteiger partial charge in [0.1, 0.15) is 5.69 Å². The van der Waals surface area contributed by atoms with Crippen LogP contribution in [-0.4, -0.2) is 33.8 Å². The SMILES string of the molecule is O=C(N/N=C\c1cc2c(cc1[N+](=O)[O-])OCO2)c1cnccn1. The molecule has 0 spiro atoms. The van der Waals surface area contributed by atoms with E-state index in [1.165, 1.54) is 30.7 Å². The van der Waals surface area contributed by atoms with Crippen LogP contribution in [0.1, 0.15) is 16.1 Å². The second-order valence-electron chi connectivity index (χ2n) is 4.31. The van der Waals surface area contributed by atoms with Gasteiger partial charge in [-0.1, -0.05) is 0 Å². The predicted molar refractivity (Wildman–Crippen MR) is 76.3 cm³/mol. The monoisotopic (exact) mass is 315 g/mol. The molecule has 1 aliphatic rings. The minimum absolute atomic E-state index is 0.00348. The molecule has 1 aromatic heterocycles. The first-order chi connectivity index (χ1) is 11.1. The molecular formula is C13H9N5O5. The van der Waals surface area contributed by atoms with Crippen molar-refractivity contribution in [2.24, 2.45) is 5.10 Å². The lowest BCUT2D eigenvalue weighted by atomic mass is 10.1. The third-order valence-corrected chi connectivity index (χ3v) is 2.88. The number of carbonyl (C=O) groups is 1. The van der Waals surface area contributed by atoms with Gasteiger partial charge in [0, 0.05) is 12.4 Å². The Labute approximate surface area is 128 Å². The molecule has 3 rings (SSSR count). The summed E-state index contributed by atoms with van der Waals surface area (Å²) in [6.07, 6.45) is 5.21. The number of hydrogen-bond donors (Lipinski definition) is 1. The predicted octanol–water partition coefficient (Wildman–Crippen LogP) is 0.877. The molecule has 10 nitrogen and oxygen atoms in total. The molecule has 10 heteroatoms. The van der Waals surface area contributed by atoms with Gasteiger partial charge in [-0.05, 0) is 6.07 Å². The van der Waals surface area contributed by atoms with Gasteiger partial charge in [-0.15, -0.1) is 0 Å². The number of nitrogens with zero attached hydrogens (tertiary/aromatic N) is 4. The molecular weight excluding hydrogens is 306 g/mol. The maximum Gasteiger partial charge on any atom is 0.291 e. The first kappa shape index (κ1) is 14.4. The molecule has 1 aliphatic heterocycles. The van der Waals surface area contributed by atoms with Crippen LogP contribution in [0.15, 0.2) is 35.8 Å². The maximum atomic E-state index is 11.7. The van der Waals surface area contributed by atoms with E-state index in [0.717, 1.165) is 6.21 Å². The van der Waals surface area contributed by atoms with E-state index in [9.17, 15) is 14.9 Å². The van der Waals surface area contributed by atoms with E-state index in [-0.39, 0.29) is 29.5 Å². The highest BCUT2D eigenvalue weighted by Crippen LogP contribution is 2.37. The van der Waals surface area contributed by atoms with Gasteiger partial charge in [-0.25, -0.2) is 10.4 Å². The Morgan fingerprint density at radius 1 is 1.35 bits per heavy atom. The number of fused-ring (bicyclic) bond motifs is 1. The Bertz CT molecular complexity index is 793. The summed E-state index contributed by atoms with van der Waals surface area (Å²) in [7, 11) is 0. The second-order valence-corrected chi connectivity index (χ2v) is 4.31. The molecule has 1 aromatic carbocycles. The fourth-order valence-corrected chi connectivity index (χ4v) is 1.84. The van der Waals surface area contributed by atoms with Gasteiger partial charge in [-0.2, -0.15) is 5.10 Å². The highest BCUT2D eigenvalue weighted by molar-refractivity contribution is 5.93. The van der Waals surface area contributed by atoms with Crippen molar-refractivity contribution in [3.05, 3.63) is 52.1 Å². The van der Waals surface area contributed by atoms with Crippen molar-refractivity contribution in [1.29, 1.82) is 0 Å². The van der Waals surface area contributed by atoms with E-state index in [4.69, 9.17) is 9.47 Å². The molecule has 0 bridgehead atoms. The highest BCUT2D eigenvalue weighted by Gasteiger charge is 2.22. The van der Waals surface area contributed by atoms with Crippen LogP contribution in [0.25, 0.3) is 0 Å². The summed E-state index contributed by atoms with van der Waals surface area (Å²) in [5, 5.41) is 14.8. The molecule has 116 valence electrons. The average Bonchev–Trinajstić information content (AvgIpc) is 3.02. The minimum atomic E-state index is -0.585. The Balaban J connectivity index is 1.79. The van der Waals surface area contributed by atoms with Crippen LogP contribution in [0, 0.1) is 10.1 Å². The molecule has 1 amide bonds. The third-order valence-electron chi connectivity index (χ3n) is 2.88. The average molecular weight is 315 g/mol. The van der Waals surface area contributed by atoms with Crippen LogP contribution >= 0.6 is 0 Å². The summed E-state index contributed by atoms with van der Waals surface area (Å²) in [5.41, 5.74) is 2.24. The first-order valence-corrected chi connectivity index (χ1v) is 6.32. The maximum absolute atomic E-state index is 11.7. The van der Waals surface area contributed by atoms with Gasteiger partial charge < -0.3 is 9.47 Å². The Kier molecular flexibility index (Phi) is 3.78. The number of nitrogens with one attached hydrogen (secondary N) is 1. The zero-order valence-corrected chi connectivity index (χ0v) is 11.5. The highest BCUT2D eigenvalue weighted by atomic mass is 16.7. The van der Waals surface area contributed by atoms with Crippen molar-refractivity contribution in [1.82, 2.24) is 15.4 Å². The standard InChI is InChI=1S/C13H9N5O5/c19-13(9-6-14-1-2-15-9)17-16-5-8-3-11-12(23-7-22-11)4-10(8)18(20)21/h1-6H,7H2,(H,17,19)/b16-5-. The molecule has 23 heavy (non-hydrogen) atoms. The number of hydrazone groups is 1. The van der Waals surface area contributed by atoms with Crippen molar-refractivity contribution in [2.45, 2.75) is 0 Å². The number of nitro groups is 1. The van der Waals surface area contributed by atoms with E-state index in [1.807, 2.05) is 0 Å². The van der Waals surface area contributed by atoms with Crippen molar-refractivity contribution < 1.29 is 19.2 Å². The Hall–Kier alpha value is -3.56. The van der Waals surface area contributed by atoms with Crippen LogP contribution in [0.2, 0.25) is 0 Å². The van der Waals surface area contributed by atoms with Gasteiger partial charge in [-0.3, -0.25) is 19.9 Å². The van der Waals surface area contributed by atoms with Crippen LogP contribution < -0.4 is 14.9 Å². The van der Waals surface area contributed by atoms with Crippen LogP contribution in [-0.2, 0) is 0 Å². The molecule has 0 unspecified atom stereocenters. The van der Waals surface area contributed by atoms with E-state index < -0.39 is 10.8 Å². The first-order valence-electron chi connectivity index (χ1n) is 6.32. The molecule has 0 fully saturated rings. The number of benzene rings is 1.